The van der Waals surface area contributed by atoms with Gasteiger partial charge in [0.25, 0.3) is 0 Å². The molecule has 0 heterocycles. The zero-order valence-corrected chi connectivity index (χ0v) is 16.7. The number of hydrazone groups is 1. The van der Waals surface area contributed by atoms with Crippen molar-refractivity contribution in [2.75, 3.05) is 5.43 Å². The molecule has 0 unspecified atom stereocenters. The number of hydrogen-bond donors (Lipinski definition) is 1. The molecule has 0 aliphatic rings. The van der Waals surface area contributed by atoms with Gasteiger partial charge in [0.2, 0.25) is 0 Å². The highest BCUT2D eigenvalue weighted by Crippen LogP contribution is 2.26. The van der Waals surface area contributed by atoms with E-state index in [1.807, 2.05) is 54.6 Å². The number of nitrogens with one attached hydrogen (secondary N) is 1. The Labute approximate surface area is 170 Å². The molecule has 0 amide bonds. The molecule has 3 aromatic rings. The fraction of sp³-hybridized carbons (Fsp3) is 0.0500. The van der Waals surface area contributed by atoms with Crippen molar-refractivity contribution < 1.29 is 4.74 Å². The van der Waals surface area contributed by atoms with Crippen LogP contribution < -0.4 is 10.2 Å². The van der Waals surface area contributed by atoms with Crippen LogP contribution in [0.3, 0.4) is 0 Å². The Kier molecular flexibility index (Phi) is 6.56. The number of benzene rings is 3. The van der Waals surface area contributed by atoms with Crippen molar-refractivity contribution in [2.24, 2.45) is 5.10 Å². The van der Waals surface area contributed by atoms with E-state index in [2.05, 4.69) is 26.5 Å². The van der Waals surface area contributed by atoms with Gasteiger partial charge in [-0.1, -0.05) is 63.4 Å². The van der Waals surface area contributed by atoms with Gasteiger partial charge in [-0.15, -0.1) is 0 Å². The predicted octanol–water partition coefficient (Wildman–Crippen LogP) is 6.78. The summed E-state index contributed by atoms with van der Waals surface area (Å²) >= 11 is 15.6. The fourth-order valence-electron chi connectivity index (χ4n) is 2.23. The van der Waals surface area contributed by atoms with Gasteiger partial charge in [0.1, 0.15) is 12.4 Å². The van der Waals surface area contributed by atoms with Crippen LogP contribution in [-0.2, 0) is 6.61 Å². The lowest BCUT2D eigenvalue weighted by molar-refractivity contribution is 0.306. The van der Waals surface area contributed by atoms with E-state index in [1.54, 1.807) is 18.3 Å². The third-order valence-corrected chi connectivity index (χ3v) is 4.62. The molecule has 3 rings (SSSR count). The molecule has 0 atom stereocenters. The number of para-hydroxylation sites is 1. The van der Waals surface area contributed by atoms with Crippen molar-refractivity contribution in [3.63, 3.8) is 0 Å². The average Bonchev–Trinajstić information content (AvgIpc) is 2.63. The largest absolute Gasteiger partial charge is 0.488 e. The Hall–Kier alpha value is -2.01. The van der Waals surface area contributed by atoms with E-state index >= 15 is 0 Å². The van der Waals surface area contributed by atoms with Crippen LogP contribution in [-0.4, -0.2) is 6.21 Å². The topological polar surface area (TPSA) is 33.6 Å². The molecule has 0 aromatic heterocycles. The maximum absolute atomic E-state index is 6.20. The second-order valence-electron chi connectivity index (χ2n) is 5.44. The number of anilines is 1. The molecular formula is C20H15BrCl2N2O. The van der Waals surface area contributed by atoms with E-state index in [0.717, 1.165) is 21.3 Å². The van der Waals surface area contributed by atoms with Gasteiger partial charge in [0.15, 0.2) is 0 Å². The zero-order chi connectivity index (χ0) is 18.4. The van der Waals surface area contributed by atoms with E-state index in [-0.39, 0.29) is 0 Å². The molecule has 1 N–H and O–H groups in total. The van der Waals surface area contributed by atoms with Gasteiger partial charge < -0.3 is 4.74 Å². The molecule has 132 valence electrons. The van der Waals surface area contributed by atoms with Crippen LogP contribution in [0.15, 0.2) is 76.3 Å². The summed E-state index contributed by atoms with van der Waals surface area (Å²) in [5.41, 5.74) is 5.61. The number of hydrogen-bond acceptors (Lipinski definition) is 3. The van der Waals surface area contributed by atoms with Crippen molar-refractivity contribution in [1.82, 2.24) is 0 Å². The van der Waals surface area contributed by atoms with Crippen LogP contribution >= 0.6 is 39.1 Å². The monoisotopic (exact) mass is 448 g/mol. The van der Waals surface area contributed by atoms with Crippen LogP contribution in [0.4, 0.5) is 5.69 Å². The Morgan fingerprint density at radius 1 is 1.00 bits per heavy atom. The summed E-state index contributed by atoms with van der Waals surface area (Å²) in [6, 6.07) is 20.8. The van der Waals surface area contributed by atoms with Crippen molar-refractivity contribution >= 4 is 51.0 Å². The first kappa shape index (κ1) is 18.8. The Balaban J connectivity index is 1.73. The minimum atomic E-state index is 0.338. The lowest BCUT2D eigenvalue weighted by atomic mass is 10.2. The average molecular weight is 450 g/mol. The van der Waals surface area contributed by atoms with Crippen molar-refractivity contribution in [1.29, 1.82) is 0 Å². The summed E-state index contributed by atoms with van der Waals surface area (Å²) in [7, 11) is 0. The first-order chi connectivity index (χ1) is 12.6. The summed E-state index contributed by atoms with van der Waals surface area (Å²) in [6.07, 6.45) is 1.72. The second-order valence-corrected chi connectivity index (χ2v) is 7.20. The van der Waals surface area contributed by atoms with Crippen LogP contribution in [0.5, 0.6) is 5.75 Å². The van der Waals surface area contributed by atoms with Gasteiger partial charge in [0.05, 0.1) is 11.9 Å². The quantitative estimate of drug-likeness (QED) is 0.332. The van der Waals surface area contributed by atoms with Gasteiger partial charge in [-0.25, -0.2) is 0 Å². The maximum Gasteiger partial charge on any atom is 0.128 e. The third kappa shape index (κ3) is 5.24. The normalized spacial score (nSPS) is 10.9. The second kappa shape index (κ2) is 9.08. The van der Waals surface area contributed by atoms with E-state index in [9.17, 15) is 0 Å². The first-order valence-electron chi connectivity index (χ1n) is 7.82. The number of halogens is 3. The van der Waals surface area contributed by atoms with Crippen molar-refractivity contribution in [3.8, 4) is 5.75 Å². The molecule has 0 saturated carbocycles. The molecule has 0 aliphatic heterocycles. The molecule has 0 saturated heterocycles. The van der Waals surface area contributed by atoms with Gasteiger partial charge in [-0.2, -0.15) is 5.10 Å². The van der Waals surface area contributed by atoms with E-state index in [4.69, 9.17) is 27.9 Å². The van der Waals surface area contributed by atoms with Crippen molar-refractivity contribution in [3.05, 3.63) is 92.4 Å². The molecule has 3 aromatic carbocycles. The molecule has 0 aliphatic carbocycles. The highest BCUT2D eigenvalue weighted by atomic mass is 79.9. The molecule has 0 bridgehead atoms. The standard InChI is InChI=1S/C20H15BrCl2N2O/c21-16-7-9-20(26-13-14-6-8-17(22)11-19(14)23)15(10-16)12-24-25-18-4-2-1-3-5-18/h1-12,25H,13H2. The Morgan fingerprint density at radius 3 is 2.58 bits per heavy atom. The molecule has 0 fully saturated rings. The lowest BCUT2D eigenvalue weighted by Crippen LogP contribution is -2.00. The lowest BCUT2D eigenvalue weighted by Gasteiger charge is -2.11. The highest BCUT2D eigenvalue weighted by molar-refractivity contribution is 9.10. The number of nitrogens with zero attached hydrogens (tertiary/aromatic N) is 1. The SMILES string of the molecule is Clc1ccc(COc2ccc(Br)cc2C=NNc2ccccc2)c(Cl)c1. The summed E-state index contributed by atoms with van der Waals surface area (Å²) in [4.78, 5) is 0. The summed E-state index contributed by atoms with van der Waals surface area (Å²) < 4.78 is 6.87. The summed E-state index contributed by atoms with van der Waals surface area (Å²) in [5.74, 6) is 0.706. The minimum absolute atomic E-state index is 0.338. The van der Waals surface area contributed by atoms with Gasteiger partial charge in [-0.3, -0.25) is 5.43 Å². The zero-order valence-electron chi connectivity index (χ0n) is 13.6. The smallest absolute Gasteiger partial charge is 0.128 e. The molecule has 0 spiro atoms. The van der Waals surface area contributed by atoms with Gasteiger partial charge in [0, 0.05) is 25.6 Å². The first-order valence-corrected chi connectivity index (χ1v) is 9.37. The van der Waals surface area contributed by atoms with Gasteiger partial charge >= 0.3 is 0 Å². The fourth-order valence-corrected chi connectivity index (χ4v) is 3.08. The minimum Gasteiger partial charge on any atom is -0.488 e. The van der Waals surface area contributed by atoms with Crippen LogP contribution in [0.1, 0.15) is 11.1 Å². The molecule has 26 heavy (non-hydrogen) atoms. The van der Waals surface area contributed by atoms with E-state index < -0.39 is 0 Å². The number of rotatable bonds is 6. The Bertz CT molecular complexity index is 917. The Morgan fingerprint density at radius 2 is 1.81 bits per heavy atom. The van der Waals surface area contributed by atoms with Crippen molar-refractivity contribution in [2.45, 2.75) is 6.61 Å². The predicted molar refractivity (Wildman–Crippen MR) is 113 cm³/mol. The van der Waals surface area contributed by atoms with E-state index in [1.165, 1.54) is 0 Å². The van der Waals surface area contributed by atoms with Crippen LogP contribution in [0.25, 0.3) is 0 Å². The van der Waals surface area contributed by atoms with E-state index in [0.29, 0.717) is 22.4 Å². The maximum atomic E-state index is 6.20. The molecular weight excluding hydrogens is 435 g/mol. The highest BCUT2D eigenvalue weighted by Gasteiger charge is 2.06. The third-order valence-electron chi connectivity index (χ3n) is 3.54. The molecule has 6 heteroatoms. The van der Waals surface area contributed by atoms with Crippen LogP contribution in [0, 0.1) is 0 Å². The van der Waals surface area contributed by atoms with Gasteiger partial charge in [-0.05, 0) is 42.5 Å². The molecule has 0 radical (unpaired) electrons. The summed E-state index contributed by atoms with van der Waals surface area (Å²) in [5, 5.41) is 5.46. The summed E-state index contributed by atoms with van der Waals surface area (Å²) in [6.45, 7) is 0.338. The van der Waals surface area contributed by atoms with Crippen LogP contribution in [0.2, 0.25) is 10.0 Å². The molecule has 3 nitrogen and oxygen atoms in total. The number of ether oxygens (including phenoxy) is 1.